The van der Waals surface area contributed by atoms with E-state index in [9.17, 15) is 0 Å². The Morgan fingerprint density at radius 3 is 2.68 bits per heavy atom. The second-order valence-corrected chi connectivity index (χ2v) is 4.26. The molecule has 0 bridgehead atoms. The Morgan fingerprint density at radius 1 is 1.32 bits per heavy atom. The van der Waals surface area contributed by atoms with Gasteiger partial charge in [-0.3, -0.25) is 0 Å². The predicted molar refractivity (Wildman–Crippen MR) is 74.1 cm³/mol. The smallest absolute Gasteiger partial charge is 0.122 e. The minimum absolute atomic E-state index is 0.0361. The fourth-order valence-corrected chi connectivity index (χ4v) is 1.93. The van der Waals surface area contributed by atoms with Crippen LogP contribution in [0.5, 0.6) is 5.75 Å². The van der Waals surface area contributed by atoms with Crippen molar-refractivity contribution < 1.29 is 9.84 Å². The highest BCUT2D eigenvalue weighted by atomic mass is 16.5. The summed E-state index contributed by atoms with van der Waals surface area (Å²) in [5.41, 5.74) is 7.86. The summed E-state index contributed by atoms with van der Waals surface area (Å²) < 4.78 is 7.01. The zero-order valence-corrected chi connectivity index (χ0v) is 11.0. The van der Waals surface area contributed by atoms with Gasteiger partial charge in [0, 0.05) is 12.5 Å². The van der Waals surface area contributed by atoms with E-state index in [1.165, 1.54) is 0 Å². The van der Waals surface area contributed by atoms with E-state index >= 15 is 0 Å². The van der Waals surface area contributed by atoms with Gasteiger partial charge in [-0.15, -0.1) is 0 Å². The molecule has 1 heterocycles. The van der Waals surface area contributed by atoms with E-state index in [0.717, 1.165) is 23.4 Å². The van der Waals surface area contributed by atoms with Gasteiger partial charge in [-0.1, -0.05) is 12.1 Å². The number of anilines is 1. The number of aliphatic hydroxyl groups excluding tert-OH is 1. The molecule has 0 saturated heterocycles. The normalized spacial score (nSPS) is 10.6. The lowest BCUT2D eigenvalue weighted by atomic mass is 10.1. The van der Waals surface area contributed by atoms with Crippen LogP contribution < -0.4 is 10.5 Å². The zero-order valence-electron chi connectivity index (χ0n) is 11.0. The van der Waals surface area contributed by atoms with Crippen LogP contribution in [0.4, 0.5) is 5.82 Å². The quantitative estimate of drug-likeness (QED) is 0.825. The molecule has 0 aliphatic carbocycles. The first-order chi connectivity index (χ1) is 9.22. The highest BCUT2D eigenvalue weighted by Gasteiger charge is 2.05. The number of nitrogens with two attached hydrogens (primary N) is 1. The Hall–Kier alpha value is -2.01. The minimum Gasteiger partial charge on any atom is -0.494 e. The highest BCUT2D eigenvalue weighted by Crippen LogP contribution is 2.16. The molecule has 0 aliphatic heterocycles. The van der Waals surface area contributed by atoms with E-state index in [0.29, 0.717) is 19.0 Å². The molecule has 102 valence electrons. The topological polar surface area (TPSA) is 73.3 Å². The SMILES string of the molecule is CCOc1ccc(Cc2cc(N)n(CCO)n2)cc1. The van der Waals surface area contributed by atoms with Gasteiger partial charge in [0.05, 0.1) is 25.5 Å². The molecule has 0 atom stereocenters. The third-order valence-corrected chi connectivity index (χ3v) is 2.79. The molecule has 0 unspecified atom stereocenters. The van der Waals surface area contributed by atoms with Crippen LogP contribution in [0.25, 0.3) is 0 Å². The van der Waals surface area contributed by atoms with Gasteiger partial charge in [-0.05, 0) is 24.6 Å². The Balaban J connectivity index is 2.05. The molecule has 19 heavy (non-hydrogen) atoms. The van der Waals surface area contributed by atoms with Gasteiger partial charge in [-0.2, -0.15) is 5.10 Å². The summed E-state index contributed by atoms with van der Waals surface area (Å²) in [5, 5.41) is 13.2. The van der Waals surface area contributed by atoms with Gasteiger partial charge in [0.2, 0.25) is 0 Å². The average molecular weight is 261 g/mol. The molecule has 3 N–H and O–H groups in total. The highest BCUT2D eigenvalue weighted by molar-refractivity contribution is 5.35. The third-order valence-electron chi connectivity index (χ3n) is 2.79. The molecule has 0 fully saturated rings. The maximum atomic E-state index is 8.89. The van der Waals surface area contributed by atoms with Crippen LogP contribution in [-0.2, 0) is 13.0 Å². The van der Waals surface area contributed by atoms with Gasteiger partial charge < -0.3 is 15.6 Å². The number of nitrogen functional groups attached to an aromatic ring is 1. The van der Waals surface area contributed by atoms with E-state index in [1.807, 2.05) is 37.3 Å². The molecule has 5 nitrogen and oxygen atoms in total. The van der Waals surface area contributed by atoms with E-state index in [2.05, 4.69) is 5.10 Å². The monoisotopic (exact) mass is 261 g/mol. The first-order valence-corrected chi connectivity index (χ1v) is 6.37. The zero-order chi connectivity index (χ0) is 13.7. The van der Waals surface area contributed by atoms with Gasteiger partial charge >= 0.3 is 0 Å². The number of ether oxygens (including phenoxy) is 1. The number of benzene rings is 1. The number of aliphatic hydroxyl groups is 1. The molecule has 0 saturated carbocycles. The molecule has 2 rings (SSSR count). The molecular weight excluding hydrogens is 242 g/mol. The van der Waals surface area contributed by atoms with Crippen LogP contribution in [0.3, 0.4) is 0 Å². The van der Waals surface area contributed by atoms with E-state index < -0.39 is 0 Å². The van der Waals surface area contributed by atoms with E-state index in [-0.39, 0.29) is 6.61 Å². The summed E-state index contributed by atoms with van der Waals surface area (Å²) in [4.78, 5) is 0. The molecular formula is C14H19N3O2. The van der Waals surface area contributed by atoms with Crippen molar-refractivity contribution in [1.82, 2.24) is 9.78 Å². The third kappa shape index (κ3) is 3.48. The average Bonchev–Trinajstić information content (AvgIpc) is 2.73. The van der Waals surface area contributed by atoms with Crippen molar-refractivity contribution >= 4 is 5.82 Å². The molecule has 0 amide bonds. The van der Waals surface area contributed by atoms with Crippen molar-refractivity contribution in [3.05, 3.63) is 41.6 Å². The lowest BCUT2D eigenvalue weighted by Gasteiger charge is -2.04. The van der Waals surface area contributed by atoms with Crippen molar-refractivity contribution in [3.63, 3.8) is 0 Å². The molecule has 0 radical (unpaired) electrons. The van der Waals surface area contributed by atoms with Crippen molar-refractivity contribution in [2.24, 2.45) is 0 Å². The Bertz CT molecular complexity index is 520. The van der Waals surface area contributed by atoms with Gasteiger partial charge in [-0.25, -0.2) is 4.68 Å². The van der Waals surface area contributed by atoms with E-state index in [1.54, 1.807) is 4.68 Å². The van der Waals surface area contributed by atoms with Crippen LogP contribution in [0.15, 0.2) is 30.3 Å². The maximum Gasteiger partial charge on any atom is 0.122 e. The lowest BCUT2D eigenvalue weighted by Crippen LogP contribution is -2.07. The number of rotatable bonds is 6. The summed E-state index contributed by atoms with van der Waals surface area (Å²) in [6.07, 6.45) is 0.717. The summed E-state index contributed by atoms with van der Waals surface area (Å²) in [6, 6.07) is 9.78. The summed E-state index contributed by atoms with van der Waals surface area (Å²) in [5.74, 6) is 1.45. The first kappa shape index (κ1) is 13.4. The van der Waals surface area contributed by atoms with Gasteiger partial charge in [0.15, 0.2) is 0 Å². The lowest BCUT2D eigenvalue weighted by molar-refractivity contribution is 0.270. The second kappa shape index (κ2) is 6.24. The van der Waals surface area contributed by atoms with E-state index in [4.69, 9.17) is 15.6 Å². The Kier molecular flexibility index (Phi) is 4.41. The Labute approximate surface area is 112 Å². The maximum absolute atomic E-state index is 8.89. The van der Waals surface area contributed by atoms with Gasteiger partial charge in [0.25, 0.3) is 0 Å². The number of nitrogens with zero attached hydrogens (tertiary/aromatic N) is 2. The molecule has 5 heteroatoms. The fourth-order valence-electron chi connectivity index (χ4n) is 1.93. The number of hydrogen-bond acceptors (Lipinski definition) is 4. The van der Waals surface area contributed by atoms with Crippen LogP contribution in [0, 0.1) is 0 Å². The van der Waals surface area contributed by atoms with Crippen molar-refractivity contribution in [2.45, 2.75) is 19.9 Å². The van der Waals surface area contributed by atoms with Crippen molar-refractivity contribution in [1.29, 1.82) is 0 Å². The fraction of sp³-hybridized carbons (Fsp3) is 0.357. The van der Waals surface area contributed by atoms with Crippen LogP contribution in [0.1, 0.15) is 18.2 Å². The standard InChI is InChI=1S/C14H19N3O2/c1-2-19-13-5-3-11(4-6-13)9-12-10-14(15)17(16-12)7-8-18/h3-6,10,18H,2,7-9,15H2,1H3. The Morgan fingerprint density at radius 2 is 2.05 bits per heavy atom. The minimum atomic E-state index is 0.0361. The van der Waals surface area contributed by atoms with Crippen molar-refractivity contribution in [3.8, 4) is 5.75 Å². The van der Waals surface area contributed by atoms with Crippen molar-refractivity contribution in [2.75, 3.05) is 18.9 Å². The molecule has 0 spiro atoms. The second-order valence-electron chi connectivity index (χ2n) is 4.26. The van der Waals surface area contributed by atoms with Crippen LogP contribution in [0.2, 0.25) is 0 Å². The summed E-state index contributed by atoms with van der Waals surface area (Å²) in [6.45, 7) is 3.09. The predicted octanol–water partition coefficient (Wildman–Crippen LogP) is 1.45. The number of hydrogen-bond donors (Lipinski definition) is 2. The summed E-state index contributed by atoms with van der Waals surface area (Å²) in [7, 11) is 0. The van der Waals surface area contributed by atoms with Gasteiger partial charge in [0.1, 0.15) is 11.6 Å². The molecule has 1 aromatic carbocycles. The largest absolute Gasteiger partial charge is 0.494 e. The summed E-state index contributed by atoms with van der Waals surface area (Å²) >= 11 is 0. The molecule has 2 aromatic rings. The molecule has 0 aliphatic rings. The van der Waals surface area contributed by atoms with Crippen LogP contribution in [-0.4, -0.2) is 28.1 Å². The number of aromatic nitrogens is 2. The molecule has 1 aromatic heterocycles. The van der Waals surface area contributed by atoms with Crippen LogP contribution >= 0.6 is 0 Å². The first-order valence-electron chi connectivity index (χ1n) is 6.37.